The highest BCUT2D eigenvalue weighted by Gasteiger charge is 2.61. The van der Waals surface area contributed by atoms with Crippen molar-refractivity contribution < 1.29 is 14.3 Å². The Bertz CT molecular complexity index is 847. The van der Waals surface area contributed by atoms with Gasteiger partial charge in [-0.15, -0.1) is 0 Å². The number of aliphatic hydroxyl groups is 1. The number of ketones is 1. The van der Waals surface area contributed by atoms with Crippen LogP contribution in [0, 0.1) is 46.2 Å². The zero-order chi connectivity index (χ0) is 21.3. The first-order valence-corrected chi connectivity index (χ1v) is 12.2. The lowest BCUT2D eigenvalue weighted by Gasteiger charge is -2.61. The second-order valence-corrected chi connectivity index (χ2v) is 11.9. The van der Waals surface area contributed by atoms with Gasteiger partial charge in [0.15, 0.2) is 5.78 Å². The van der Waals surface area contributed by atoms with Crippen molar-refractivity contribution in [3.63, 3.8) is 0 Å². The van der Waals surface area contributed by atoms with Gasteiger partial charge >= 0.3 is 0 Å². The number of fused-ring (bicyclic) bond motifs is 5. The average molecular weight is 413 g/mol. The number of rotatable bonds is 2. The summed E-state index contributed by atoms with van der Waals surface area (Å²) in [6.07, 6.45) is 9.74. The van der Waals surface area contributed by atoms with Crippen LogP contribution < -0.4 is 0 Å². The van der Waals surface area contributed by atoms with Crippen LogP contribution >= 0.6 is 0 Å². The van der Waals surface area contributed by atoms with Crippen LogP contribution in [0.5, 0.6) is 0 Å². The smallest absolute Gasteiger partial charge is 0.169 e. The highest BCUT2D eigenvalue weighted by Crippen LogP contribution is 2.68. The number of hydrogen-bond acceptors (Lipinski definition) is 2. The minimum absolute atomic E-state index is 0.00386. The van der Waals surface area contributed by atoms with Crippen molar-refractivity contribution in [2.75, 3.05) is 0 Å². The summed E-state index contributed by atoms with van der Waals surface area (Å²) in [5, 5.41) is 10.7. The Balaban J connectivity index is 1.41. The zero-order valence-electron chi connectivity index (χ0n) is 18.8. The lowest BCUT2D eigenvalue weighted by molar-refractivity contribution is -0.144. The number of halogens is 1. The molecular formula is C27H37FO2. The predicted molar refractivity (Wildman–Crippen MR) is 117 cm³/mol. The molecule has 4 fully saturated rings. The Morgan fingerprint density at radius 2 is 1.67 bits per heavy atom. The second kappa shape index (κ2) is 6.89. The van der Waals surface area contributed by atoms with Gasteiger partial charge in [-0.1, -0.05) is 26.0 Å². The topological polar surface area (TPSA) is 37.3 Å². The van der Waals surface area contributed by atoms with E-state index < -0.39 is 5.60 Å². The quantitative estimate of drug-likeness (QED) is 0.569. The first-order valence-electron chi connectivity index (χ1n) is 12.2. The Kier molecular flexibility index (Phi) is 4.75. The van der Waals surface area contributed by atoms with Crippen molar-refractivity contribution in [2.24, 2.45) is 40.4 Å². The summed E-state index contributed by atoms with van der Waals surface area (Å²) < 4.78 is 14.4. The fraction of sp³-hybridized carbons (Fsp3) is 0.741. The molecule has 8 atom stereocenters. The van der Waals surface area contributed by atoms with Crippen LogP contribution in [-0.4, -0.2) is 16.5 Å². The van der Waals surface area contributed by atoms with Gasteiger partial charge in [-0.05, 0) is 111 Å². The molecule has 4 aliphatic carbocycles. The Morgan fingerprint density at radius 3 is 2.43 bits per heavy atom. The molecule has 1 N–H and O–H groups in total. The van der Waals surface area contributed by atoms with E-state index in [0.717, 1.165) is 38.5 Å². The van der Waals surface area contributed by atoms with Crippen LogP contribution in [0.3, 0.4) is 0 Å². The van der Waals surface area contributed by atoms with Gasteiger partial charge in [-0.3, -0.25) is 4.79 Å². The first kappa shape index (κ1) is 20.7. The molecule has 0 heterocycles. The molecular weight excluding hydrogens is 375 g/mol. The Hall–Kier alpha value is -1.22. The van der Waals surface area contributed by atoms with Crippen molar-refractivity contribution in [3.05, 3.63) is 35.6 Å². The molecule has 4 saturated carbocycles. The monoisotopic (exact) mass is 412 g/mol. The van der Waals surface area contributed by atoms with E-state index in [1.54, 1.807) is 18.2 Å². The SMILES string of the molecule is C[C@@]1(O)CC[C@@]2(C)[C@H](CC[C@@H]3[C@@H]2CC[C@]2(C)[C@@H](C(=O)c4ccccc4F)CC[C@@H]32)C1. The molecule has 0 bridgehead atoms. The molecule has 0 radical (unpaired) electrons. The van der Waals surface area contributed by atoms with Gasteiger partial charge in [-0.25, -0.2) is 4.39 Å². The highest BCUT2D eigenvalue weighted by molar-refractivity contribution is 5.98. The summed E-state index contributed by atoms with van der Waals surface area (Å²) in [6, 6.07) is 6.53. The van der Waals surface area contributed by atoms with Crippen molar-refractivity contribution in [2.45, 2.75) is 84.2 Å². The van der Waals surface area contributed by atoms with Gasteiger partial charge in [0.25, 0.3) is 0 Å². The average Bonchev–Trinajstić information content (AvgIpc) is 3.05. The van der Waals surface area contributed by atoms with E-state index in [-0.39, 0.29) is 28.5 Å². The lowest BCUT2D eigenvalue weighted by Crippen LogP contribution is -2.55. The standard InChI is InChI=1S/C27H37FO2/c1-25(30)14-15-26(2)17(16-25)8-9-18-20-10-11-22(27(20,3)13-12-21(18)26)24(29)19-6-4-5-7-23(19)28/h4-7,17-18,20-22,30H,8-16H2,1-3H3/t17-,18+,20+,21+,22-,25-,26+,27+/m1/s1. The minimum atomic E-state index is -0.495. The van der Waals surface area contributed by atoms with Gasteiger partial charge in [0.05, 0.1) is 11.2 Å². The molecule has 164 valence electrons. The Labute approximate surface area is 180 Å². The van der Waals surface area contributed by atoms with Gasteiger partial charge in [-0.2, -0.15) is 0 Å². The van der Waals surface area contributed by atoms with Crippen molar-refractivity contribution in [3.8, 4) is 0 Å². The van der Waals surface area contributed by atoms with E-state index >= 15 is 0 Å². The molecule has 0 saturated heterocycles. The molecule has 0 aliphatic heterocycles. The fourth-order valence-corrected chi connectivity index (χ4v) is 8.71. The third kappa shape index (κ3) is 2.94. The van der Waals surface area contributed by atoms with E-state index in [1.807, 2.05) is 6.92 Å². The maximum Gasteiger partial charge on any atom is 0.169 e. The molecule has 1 aromatic rings. The lowest BCUT2D eigenvalue weighted by atomic mass is 9.44. The predicted octanol–water partition coefficient (Wildman–Crippen LogP) is 6.42. The minimum Gasteiger partial charge on any atom is -0.390 e. The number of carbonyl (C=O) groups excluding carboxylic acids is 1. The molecule has 3 heteroatoms. The molecule has 2 nitrogen and oxygen atoms in total. The van der Waals surface area contributed by atoms with Gasteiger partial charge in [0.2, 0.25) is 0 Å². The summed E-state index contributed by atoms with van der Waals surface area (Å²) >= 11 is 0. The summed E-state index contributed by atoms with van der Waals surface area (Å²) in [5.41, 5.74) is 0.131. The van der Waals surface area contributed by atoms with Gasteiger partial charge in [0.1, 0.15) is 5.82 Å². The molecule has 5 rings (SSSR count). The maximum absolute atomic E-state index is 14.4. The van der Waals surface area contributed by atoms with Crippen molar-refractivity contribution in [1.82, 2.24) is 0 Å². The van der Waals surface area contributed by atoms with E-state index in [2.05, 4.69) is 13.8 Å². The molecule has 30 heavy (non-hydrogen) atoms. The van der Waals surface area contributed by atoms with Crippen LogP contribution in [0.2, 0.25) is 0 Å². The molecule has 1 aromatic carbocycles. The van der Waals surface area contributed by atoms with Crippen LogP contribution in [0.1, 0.15) is 88.9 Å². The van der Waals surface area contributed by atoms with E-state index in [4.69, 9.17) is 0 Å². The van der Waals surface area contributed by atoms with Crippen LogP contribution in [0.25, 0.3) is 0 Å². The summed E-state index contributed by atoms with van der Waals surface area (Å²) in [4.78, 5) is 13.4. The van der Waals surface area contributed by atoms with Crippen LogP contribution in [0.15, 0.2) is 24.3 Å². The van der Waals surface area contributed by atoms with Crippen molar-refractivity contribution >= 4 is 5.78 Å². The van der Waals surface area contributed by atoms with E-state index in [1.165, 1.54) is 25.3 Å². The normalized spacial score (nSPS) is 47.8. The molecule has 0 unspecified atom stereocenters. The molecule has 0 spiro atoms. The highest BCUT2D eigenvalue weighted by atomic mass is 19.1. The van der Waals surface area contributed by atoms with Gasteiger partial charge < -0.3 is 5.11 Å². The van der Waals surface area contributed by atoms with E-state index in [0.29, 0.717) is 29.1 Å². The maximum atomic E-state index is 14.4. The second-order valence-electron chi connectivity index (χ2n) is 11.9. The van der Waals surface area contributed by atoms with Crippen LogP contribution in [0.4, 0.5) is 4.39 Å². The Morgan fingerprint density at radius 1 is 0.933 bits per heavy atom. The summed E-state index contributed by atoms with van der Waals surface area (Å²) in [6.45, 7) is 6.86. The number of hydrogen-bond donors (Lipinski definition) is 1. The molecule has 4 aliphatic rings. The molecule has 0 aromatic heterocycles. The van der Waals surface area contributed by atoms with Crippen LogP contribution in [-0.2, 0) is 0 Å². The summed E-state index contributed by atoms with van der Waals surface area (Å²) in [5.74, 6) is 2.23. The summed E-state index contributed by atoms with van der Waals surface area (Å²) in [7, 11) is 0. The first-order chi connectivity index (χ1) is 14.2. The third-order valence-electron chi connectivity index (χ3n) is 10.4. The number of carbonyl (C=O) groups is 1. The number of Topliss-reactive ketones (excluding diaryl/α,β-unsaturated/α-hetero) is 1. The van der Waals surface area contributed by atoms with Gasteiger partial charge in [0, 0.05) is 5.92 Å². The fourth-order valence-electron chi connectivity index (χ4n) is 8.71. The zero-order valence-corrected chi connectivity index (χ0v) is 18.8. The van der Waals surface area contributed by atoms with Crippen molar-refractivity contribution in [1.29, 1.82) is 0 Å². The largest absolute Gasteiger partial charge is 0.390 e. The number of benzene rings is 1. The third-order valence-corrected chi connectivity index (χ3v) is 10.4. The van der Waals surface area contributed by atoms with E-state index in [9.17, 15) is 14.3 Å². The molecule has 0 amide bonds.